The summed E-state index contributed by atoms with van der Waals surface area (Å²) in [5.41, 5.74) is 2.65. The number of hydrogen-bond acceptors (Lipinski definition) is 3. The molecule has 1 aromatic rings. The van der Waals surface area contributed by atoms with E-state index in [0.717, 1.165) is 18.8 Å². The molecule has 3 heteroatoms. The smallest absolute Gasteiger partial charge is 0.119 e. The highest BCUT2D eigenvalue weighted by atomic mass is 16.5. The zero-order chi connectivity index (χ0) is 10.7. The summed E-state index contributed by atoms with van der Waals surface area (Å²) in [7, 11) is 3.71. The lowest BCUT2D eigenvalue weighted by Crippen LogP contribution is -2.13. The first kappa shape index (κ1) is 10.3. The first-order valence-electron chi connectivity index (χ1n) is 5.41. The second kappa shape index (κ2) is 4.53. The molecule has 0 fully saturated rings. The molecule has 0 amide bonds. The Bertz CT molecular complexity index is 338. The quantitative estimate of drug-likeness (QED) is 0.788. The third-order valence-electron chi connectivity index (χ3n) is 2.98. The molecule has 0 saturated carbocycles. The van der Waals surface area contributed by atoms with E-state index in [1.165, 1.54) is 17.7 Å². The minimum absolute atomic E-state index is 0.613. The van der Waals surface area contributed by atoms with Crippen LogP contribution in [0, 0.1) is 0 Å². The van der Waals surface area contributed by atoms with Crippen molar-refractivity contribution in [1.29, 1.82) is 0 Å². The van der Waals surface area contributed by atoms with Crippen LogP contribution in [0.15, 0.2) is 18.2 Å². The van der Waals surface area contributed by atoms with Gasteiger partial charge in [-0.25, -0.2) is 0 Å². The standard InChI is InChI=1S/C12H18N2O/c1-13-6-5-9-8-14-12-4-3-10(15-2)7-11(9)12/h3-4,7,9,13-14H,5-6,8H2,1-2H3. The summed E-state index contributed by atoms with van der Waals surface area (Å²) in [6.07, 6.45) is 1.17. The fourth-order valence-electron chi connectivity index (χ4n) is 2.09. The van der Waals surface area contributed by atoms with E-state index >= 15 is 0 Å². The van der Waals surface area contributed by atoms with Crippen molar-refractivity contribution in [2.24, 2.45) is 0 Å². The maximum absolute atomic E-state index is 5.25. The number of nitrogens with one attached hydrogen (secondary N) is 2. The summed E-state index contributed by atoms with van der Waals surface area (Å²) in [5, 5.41) is 6.62. The molecule has 1 aliphatic heterocycles. The Labute approximate surface area is 90.8 Å². The van der Waals surface area contributed by atoms with Gasteiger partial charge in [-0.2, -0.15) is 0 Å². The maximum atomic E-state index is 5.25. The molecule has 0 bridgehead atoms. The SMILES string of the molecule is CNCCC1CNc2ccc(OC)cc21. The summed E-state index contributed by atoms with van der Waals surface area (Å²) >= 11 is 0. The molecule has 1 aliphatic rings. The van der Waals surface area contributed by atoms with Crippen LogP contribution in [0.4, 0.5) is 5.69 Å². The zero-order valence-corrected chi connectivity index (χ0v) is 9.34. The fraction of sp³-hybridized carbons (Fsp3) is 0.500. The molecule has 0 spiro atoms. The maximum Gasteiger partial charge on any atom is 0.119 e. The Hall–Kier alpha value is -1.22. The van der Waals surface area contributed by atoms with Gasteiger partial charge in [0.05, 0.1) is 7.11 Å². The van der Waals surface area contributed by atoms with E-state index in [0.29, 0.717) is 5.92 Å². The molecule has 1 atom stereocenters. The van der Waals surface area contributed by atoms with Crippen LogP contribution in [-0.4, -0.2) is 27.2 Å². The second-order valence-electron chi connectivity index (χ2n) is 3.92. The summed E-state index contributed by atoms with van der Waals surface area (Å²) in [6, 6.07) is 6.26. The molecule has 0 aromatic heterocycles. The third-order valence-corrected chi connectivity index (χ3v) is 2.98. The minimum atomic E-state index is 0.613. The summed E-state index contributed by atoms with van der Waals surface area (Å²) in [4.78, 5) is 0. The van der Waals surface area contributed by atoms with Crippen molar-refractivity contribution in [2.75, 3.05) is 32.6 Å². The van der Waals surface area contributed by atoms with Crippen molar-refractivity contribution in [3.05, 3.63) is 23.8 Å². The monoisotopic (exact) mass is 206 g/mol. The number of hydrogen-bond donors (Lipinski definition) is 2. The van der Waals surface area contributed by atoms with E-state index in [2.05, 4.69) is 22.8 Å². The second-order valence-corrected chi connectivity index (χ2v) is 3.92. The number of anilines is 1. The van der Waals surface area contributed by atoms with Gasteiger partial charge in [-0.15, -0.1) is 0 Å². The van der Waals surface area contributed by atoms with E-state index in [1.807, 2.05) is 13.1 Å². The van der Waals surface area contributed by atoms with Gasteiger partial charge >= 0.3 is 0 Å². The van der Waals surface area contributed by atoms with Gasteiger partial charge in [-0.1, -0.05) is 0 Å². The van der Waals surface area contributed by atoms with Gasteiger partial charge in [0.25, 0.3) is 0 Å². The van der Waals surface area contributed by atoms with Crippen LogP contribution in [0.3, 0.4) is 0 Å². The van der Waals surface area contributed by atoms with Crippen LogP contribution in [0.2, 0.25) is 0 Å². The highest BCUT2D eigenvalue weighted by Gasteiger charge is 2.21. The normalized spacial score (nSPS) is 18.4. The molecule has 82 valence electrons. The molecule has 2 N–H and O–H groups in total. The largest absolute Gasteiger partial charge is 0.497 e. The van der Waals surface area contributed by atoms with Gasteiger partial charge in [0, 0.05) is 18.2 Å². The van der Waals surface area contributed by atoms with Crippen molar-refractivity contribution >= 4 is 5.69 Å². The fourth-order valence-corrected chi connectivity index (χ4v) is 2.09. The Morgan fingerprint density at radius 2 is 2.40 bits per heavy atom. The third kappa shape index (κ3) is 2.07. The number of methoxy groups -OCH3 is 1. The average Bonchev–Trinajstić information content (AvgIpc) is 2.68. The molecule has 1 heterocycles. The molecule has 0 radical (unpaired) electrons. The van der Waals surface area contributed by atoms with Crippen molar-refractivity contribution < 1.29 is 4.74 Å². The number of fused-ring (bicyclic) bond motifs is 1. The van der Waals surface area contributed by atoms with Gasteiger partial charge in [0.1, 0.15) is 5.75 Å². The summed E-state index contributed by atoms with van der Waals surface area (Å²) in [6.45, 7) is 2.10. The first-order chi connectivity index (χ1) is 7.35. The van der Waals surface area contributed by atoms with Crippen LogP contribution in [0.5, 0.6) is 5.75 Å². The molecule has 0 saturated heterocycles. The molecule has 1 aromatic carbocycles. The average molecular weight is 206 g/mol. The van der Waals surface area contributed by atoms with E-state index in [4.69, 9.17) is 4.74 Å². The lowest BCUT2D eigenvalue weighted by atomic mass is 9.98. The Morgan fingerprint density at radius 3 is 3.13 bits per heavy atom. The molecule has 3 nitrogen and oxygen atoms in total. The predicted molar refractivity (Wildman–Crippen MR) is 62.8 cm³/mol. The molecular weight excluding hydrogens is 188 g/mol. The lowest BCUT2D eigenvalue weighted by Gasteiger charge is -2.10. The van der Waals surface area contributed by atoms with Gasteiger partial charge in [0.2, 0.25) is 0 Å². The first-order valence-corrected chi connectivity index (χ1v) is 5.41. The van der Waals surface area contributed by atoms with E-state index in [1.54, 1.807) is 7.11 Å². The van der Waals surface area contributed by atoms with Crippen molar-refractivity contribution in [3.8, 4) is 5.75 Å². The van der Waals surface area contributed by atoms with Crippen LogP contribution in [-0.2, 0) is 0 Å². The van der Waals surface area contributed by atoms with Gasteiger partial charge in [0.15, 0.2) is 0 Å². The van der Waals surface area contributed by atoms with Crippen LogP contribution in [0.25, 0.3) is 0 Å². The van der Waals surface area contributed by atoms with Gasteiger partial charge < -0.3 is 15.4 Å². The molecular formula is C12H18N2O. The highest BCUT2D eigenvalue weighted by Crippen LogP contribution is 2.35. The Kier molecular flexibility index (Phi) is 3.11. The van der Waals surface area contributed by atoms with E-state index in [9.17, 15) is 0 Å². The van der Waals surface area contributed by atoms with Gasteiger partial charge in [-0.05, 0) is 43.8 Å². The highest BCUT2D eigenvalue weighted by molar-refractivity contribution is 5.60. The summed E-state index contributed by atoms with van der Waals surface area (Å²) in [5.74, 6) is 1.56. The number of benzene rings is 1. The number of ether oxygens (including phenoxy) is 1. The Balaban J connectivity index is 2.16. The van der Waals surface area contributed by atoms with Crippen LogP contribution >= 0.6 is 0 Å². The molecule has 1 unspecified atom stereocenters. The van der Waals surface area contributed by atoms with E-state index < -0.39 is 0 Å². The minimum Gasteiger partial charge on any atom is -0.497 e. The topological polar surface area (TPSA) is 33.3 Å². The Morgan fingerprint density at radius 1 is 1.53 bits per heavy atom. The van der Waals surface area contributed by atoms with Crippen molar-refractivity contribution in [1.82, 2.24) is 5.32 Å². The zero-order valence-electron chi connectivity index (χ0n) is 9.34. The van der Waals surface area contributed by atoms with Crippen LogP contribution < -0.4 is 15.4 Å². The molecule has 0 aliphatic carbocycles. The lowest BCUT2D eigenvalue weighted by molar-refractivity contribution is 0.414. The number of rotatable bonds is 4. The molecule has 2 rings (SSSR count). The van der Waals surface area contributed by atoms with Crippen molar-refractivity contribution in [3.63, 3.8) is 0 Å². The predicted octanol–water partition coefficient (Wildman–Crippen LogP) is 1.81. The van der Waals surface area contributed by atoms with Crippen molar-refractivity contribution in [2.45, 2.75) is 12.3 Å². The van der Waals surface area contributed by atoms with E-state index in [-0.39, 0.29) is 0 Å². The van der Waals surface area contributed by atoms with Gasteiger partial charge in [-0.3, -0.25) is 0 Å². The molecule has 15 heavy (non-hydrogen) atoms. The van der Waals surface area contributed by atoms with Crippen LogP contribution in [0.1, 0.15) is 17.9 Å². The summed E-state index contributed by atoms with van der Waals surface area (Å²) < 4.78 is 5.25.